The second-order valence-corrected chi connectivity index (χ2v) is 5.09. The Kier molecular flexibility index (Phi) is 6.68. The van der Waals surface area contributed by atoms with Crippen molar-refractivity contribution in [3.05, 3.63) is 16.4 Å². The van der Waals surface area contributed by atoms with E-state index in [4.69, 9.17) is 11.6 Å². The first-order chi connectivity index (χ1) is 8.60. The van der Waals surface area contributed by atoms with E-state index in [1.807, 2.05) is 4.68 Å². The zero-order valence-corrected chi connectivity index (χ0v) is 12.7. The first-order valence-corrected chi connectivity index (χ1v) is 7.07. The lowest BCUT2D eigenvalue weighted by molar-refractivity contribution is 0.393. The predicted molar refractivity (Wildman–Crippen MR) is 77.2 cm³/mol. The minimum Gasteiger partial charge on any atom is -0.311 e. The average molecular weight is 273 g/mol. The normalized spacial score (nSPS) is 11.4. The lowest BCUT2D eigenvalue weighted by Gasteiger charge is -2.10. The van der Waals surface area contributed by atoms with E-state index in [9.17, 15) is 0 Å². The smallest absolute Gasteiger partial charge is 0.0863 e. The lowest BCUT2D eigenvalue weighted by atomic mass is 10.3. The SMILES string of the molecule is CCc1nn(CC)c(CNCCCN(C)C)c1Cl. The largest absolute Gasteiger partial charge is 0.311 e. The van der Waals surface area contributed by atoms with Gasteiger partial charge in [-0.3, -0.25) is 4.68 Å². The van der Waals surface area contributed by atoms with Crippen molar-refractivity contribution < 1.29 is 0 Å². The summed E-state index contributed by atoms with van der Waals surface area (Å²) in [7, 11) is 4.19. The van der Waals surface area contributed by atoms with Gasteiger partial charge in [0, 0.05) is 13.1 Å². The van der Waals surface area contributed by atoms with E-state index in [1.54, 1.807) is 0 Å². The Morgan fingerprint density at radius 1 is 1.33 bits per heavy atom. The molecule has 0 saturated carbocycles. The number of hydrogen-bond donors (Lipinski definition) is 1. The Labute approximate surface area is 115 Å². The summed E-state index contributed by atoms with van der Waals surface area (Å²) in [5.74, 6) is 0. The maximum Gasteiger partial charge on any atom is 0.0863 e. The highest BCUT2D eigenvalue weighted by molar-refractivity contribution is 6.31. The molecule has 0 aliphatic carbocycles. The van der Waals surface area contributed by atoms with Gasteiger partial charge in [-0.2, -0.15) is 5.10 Å². The molecule has 0 amide bonds. The number of halogens is 1. The fraction of sp³-hybridized carbons (Fsp3) is 0.769. The molecule has 1 heterocycles. The maximum atomic E-state index is 6.34. The number of nitrogens with one attached hydrogen (secondary N) is 1. The van der Waals surface area contributed by atoms with Crippen LogP contribution in [0.15, 0.2) is 0 Å². The van der Waals surface area contributed by atoms with Crippen LogP contribution in [0, 0.1) is 0 Å². The van der Waals surface area contributed by atoms with Crippen LogP contribution in [0.4, 0.5) is 0 Å². The lowest BCUT2D eigenvalue weighted by Crippen LogP contribution is -2.22. The summed E-state index contributed by atoms with van der Waals surface area (Å²) in [6.45, 7) is 7.96. The van der Waals surface area contributed by atoms with E-state index in [1.165, 1.54) is 0 Å². The Morgan fingerprint density at radius 3 is 2.61 bits per heavy atom. The van der Waals surface area contributed by atoms with Gasteiger partial charge in [-0.1, -0.05) is 18.5 Å². The zero-order valence-electron chi connectivity index (χ0n) is 12.0. The van der Waals surface area contributed by atoms with Crippen molar-refractivity contribution in [3.63, 3.8) is 0 Å². The summed E-state index contributed by atoms with van der Waals surface area (Å²) < 4.78 is 2.00. The molecule has 104 valence electrons. The fourth-order valence-electron chi connectivity index (χ4n) is 1.91. The molecule has 18 heavy (non-hydrogen) atoms. The number of nitrogens with zero attached hydrogens (tertiary/aromatic N) is 3. The third kappa shape index (κ3) is 4.26. The molecule has 0 radical (unpaired) electrons. The minimum atomic E-state index is 0.799. The fourth-order valence-corrected chi connectivity index (χ4v) is 2.25. The molecule has 1 aromatic rings. The molecule has 1 rings (SSSR count). The van der Waals surface area contributed by atoms with Crippen molar-refractivity contribution in [2.45, 2.75) is 39.8 Å². The third-order valence-electron chi connectivity index (χ3n) is 2.95. The van der Waals surface area contributed by atoms with Crippen molar-refractivity contribution in [2.24, 2.45) is 0 Å². The van der Waals surface area contributed by atoms with Gasteiger partial charge in [0.15, 0.2) is 0 Å². The van der Waals surface area contributed by atoms with Crippen LogP contribution in [-0.4, -0.2) is 41.9 Å². The number of rotatable bonds is 8. The standard InChI is InChI=1S/C13H25ClN4/c1-5-11-13(14)12(18(6-2)16-11)10-15-8-7-9-17(3)4/h15H,5-10H2,1-4H3. The molecule has 0 atom stereocenters. The van der Waals surface area contributed by atoms with Gasteiger partial charge in [0.2, 0.25) is 0 Å². The molecular formula is C13H25ClN4. The first kappa shape index (κ1) is 15.5. The number of hydrogen-bond acceptors (Lipinski definition) is 3. The quantitative estimate of drug-likeness (QED) is 0.737. The van der Waals surface area contributed by atoms with Crippen LogP contribution in [0.2, 0.25) is 5.02 Å². The molecule has 5 heteroatoms. The van der Waals surface area contributed by atoms with Crippen LogP contribution in [0.25, 0.3) is 0 Å². The minimum absolute atomic E-state index is 0.799. The molecule has 0 saturated heterocycles. The second-order valence-electron chi connectivity index (χ2n) is 4.71. The van der Waals surface area contributed by atoms with Crippen molar-refractivity contribution >= 4 is 11.6 Å². The highest BCUT2D eigenvalue weighted by atomic mass is 35.5. The van der Waals surface area contributed by atoms with Gasteiger partial charge < -0.3 is 10.2 Å². The molecule has 0 unspecified atom stereocenters. The van der Waals surface area contributed by atoms with Crippen molar-refractivity contribution in [3.8, 4) is 0 Å². The van der Waals surface area contributed by atoms with E-state index in [0.717, 1.165) is 55.4 Å². The highest BCUT2D eigenvalue weighted by Gasteiger charge is 2.13. The monoisotopic (exact) mass is 272 g/mol. The Morgan fingerprint density at radius 2 is 2.06 bits per heavy atom. The Bertz CT molecular complexity index is 360. The molecule has 1 N–H and O–H groups in total. The van der Waals surface area contributed by atoms with Gasteiger partial charge >= 0.3 is 0 Å². The van der Waals surface area contributed by atoms with Gasteiger partial charge in [-0.15, -0.1) is 0 Å². The summed E-state index contributed by atoms with van der Waals surface area (Å²) >= 11 is 6.34. The molecule has 4 nitrogen and oxygen atoms in total. The molecule has 0 bridgehead atoms. The van der Waals surface area contributed by atoms with E-state index in [-0.39, 0.29) is 0 Å². The molecule has 0 aliphatic rings. The molecule has 1 aromatic heterocycles. The molecule has 0 fully saturated rings. The van der Waals surface area contributed by atoms with Crippen LogP contribution < -0.4 is 5.32 Å². The first-order valence-electron chi connectivity index (χ1n) is 6.69. The van der Waals surface area contributed by atoms with E-state index in [0.29, 0.717) is 0 Å². The van der Waals surface area contributed by atoms with Crippen molar-refractivity contribution in [2.75, 3.05) is 27.2 Å². The summed E-state index contributed by atoms with van der Waals surface area (Å²) in [5.41, 5.74) is 2.12. The van der Waals surface area contributed by atoms with E-state index < -0.39 is 0 Å². The summed E-state index contributed by atoms with van der Waals surface area (Å²) in [4.78, 5) is 2.19. The van der Waals surface area contributed by atoms with Crippen LogP contribution in [0.5, 0.6) is 0 Å². The zero-order chi connectivity index (χ0) is 13.5. The highest BCUT2D eigenvalue weighted by Crippen LogP contribution is 2.21. The van der Waals surface area contributed by atoms with Gasteiger partial charge in [-0.05, 0) is 47.0 Å². The van der Waals surface area contributed by atoms with Gasteiger partial charge in [0.1, 0.15) is 0 Å². The summed E-state index contributed by atoms with van der Waals surface area (Å²) in [6.07, 6.45) is 2.03. The van der Waals surface area contributed by atoms with Gasteiger partial charge in [0.25, 0.3) is 0 Å². The van der Waals surface area contributed by atoms with Gasteiger partial charge in [-0.25, -0.2) is 0 Å². The van der Waals surface area contributed by atoms with Crippen LogP contribution in [-0.2, 0) is 19.5 Å². The third-order valence-corrected chi connectivity index (χ3v) is 3.38. The molecule has 0 aliphatic heterocycles. The summed E-state index contributed by atoms with van der Waals surface area (Å²) in [6, 6.07) is 0. The van der Waals surface area contributed by atoms with Crippen LogP contribution in [0.1, 0.15) is 31.7 Å². The van der Waals surface area contributed by atoms with Gasteiger partial charge in [0.05, 0.1) is 16.4 Å². The molecule has 0 aromatic carbocycles. The number of aromatic nitrogens is 2. The van der Waals surface area contributed by atoms with Crippen LogP contribution >= 0.6 is 11.6 Å². The topological polar surface area (TPSA) is 33.1 Å². The van der Waals surface area contributed by atoms with E-state index >= 15 is 0 Å². The molecular weight excluding hydrogens is 248 g/mol. The Balaban J connectivity index is 2.48. The maximum absolute atomic E-state index is 6.34. The number of aryl methyl sites for hydroxylation is 2. The second kappa shape index (κ2) is 7.77. The van der Waals surface area contributed by atoms with Crippen LogP contribution in [0.3, 0.4) is 0 Å². The predicted octanol–water partition coefficient (Wildman–Crippen LogP) is 2.16. The van der Waals surface area contributed by atoms with E-state index in [2.05, 4.69) is 43.3 Å². The van der Waals surface area contributed by atoms with Crippen molar-refractivity contribution in [1.82, 2.24) is 20.0 Å². The molecule has 0 spiro atoms. The Hall–Kier alpha value is -0.580. The summed E-state index contributed by atoms with van der Waals surface area (Å²) in [5, 5.41) is 8.78. The van der Waals surface area contributed by atoms with Crippen molar-refractivity contribution in [1.29, 1.82) is 0 Å². The average Bonchev–Trinajstić information content (AvgIpc) is 2.65.